The van der Waals surface area contributed by atoms with E-state index in [9.17, 15) is 13.6 Å². The highest BCUT2D eigenvalue weighted by Gasteiger charge is 2.06. The van der Waals surface area contributed by atoms with Crippen LogP contribution in [-0.4, -0.2) is 19.1 Å². The van der Waals surface area contributed by atoms with E-state index in [4.69, 9.17) is 9.47 Å². The summed E-state index contributed by atoms with van der Waals surface area (Å²) in [6.45, 7) is 4.82. The van der Waals surface area contributed by atoms with E-state index < -0.39 is 11.6 Å². The minimum atomic E-state index is -0.678. The fourth-order valence-corrected chi connectivity index (χ4v) is 2.30. The minimum Gasteiger partial charge on any atom is -0.490 e. The molecule has 6 heteroatoms. The van der Waals surface area contributed by atoms with Crippen LogP contribution in [0, 0.1) is 11.6 Å². The number of benzene rings is 2. The predicted molar refractivity (Wildman–Crippen MR) is 96.0 cm³/mol. The average Bonchev–Trinajstić information content (AvgIpc) is 2.59. The van der Waals surface area contributed by atoms with Crippen LogP contribution in [-0.2, 0) is 11.3 Å². The molecule has 0 atom stereocenters. The highest BCUT2D eigenvalue weighted by Crippen LogP contribution is 2.28. The summed E-state index contributed by atoms with van der Waals surface area (Å²) < 4.78 is 37.3. The maximum atomic E-state index is 13.1. The lowest BCUT2D eigenvalue weighted by atomic mass is 10.2. The Balaban J connectivity index is 1.99. The molecule has 0 spiro atoms. The minimum absolute atomic E-state index is 0.0331. The van der Waals surface area contributed by atoms with Gasteiger partial charge in [-0.1, -0.05) is 6.07 Å². The number of carbonyl (C=O) groups excluding carboxylic acids is 1. The third kappa shape index (κ3) is 5.88. The van der Waals surface area contributed by atoms with Crippen LogP contribution in [0.1, 0.15) is 25.0 Å². The smallest absolute Gasteiger partial charge is 0.244 e. The monoisotopic (exact) mass is 361 g/mol. The Kier molecular flexibility index (Phi) is 7.14. The Bertz CT molecular complexity index is 770. The number of amides is 1. The molecular weight excluding hydrogens is 340 g/mol. The van der Waals surface area contributed by atoms with Gasteiger partial charge in [0.2, 0.25) is 5.91 Å². The molecule has 0 saturated carbocycles. The number of ether oxygens (including phenoxy) is 2. The van der Waals surface area contributed by atoms with Gasteiger partial charge in [-0.05, 0) is 55.3 Å². The molecule has 0 fully saturated rings. The molecule has 2 aromatic rings. The summed E-state index contributed by atoms with van der Waals surface area (Å²) in [7, 11) is 0. The number of carbonyl (C=O) groups is 1. The molecule has 0 unspecified atom stereocenters. The molecule has 1 N–H and O–H groups in total. The van der Waals surface area contributed by atoms with Crippen molar-refractivity contribution in [3.63, 3.8) is 0 Å². The molecule has 0 saturated heterocycles. The SMILES string of the molecule is CCOc1ccc(/C=C/C(=O)NCc2cc(F)cc(F)c2)cc1OCC. The molecule has 2 aromatic carbocycles. The van der Waals surface area contributed by atoms with Crippen molar-refractivity contribution in [1.82, 2.24) is 5.32 Å². The van der Waals surface area contributed by atoms with E-state index in [-0.39, 0.29) is 12.5 Å². The molecule has 0 heterocycles. The van der Waals surface area contributed by atoms with E-state index in [1.165, 1.54) is 18.2 Å². The van der Waals surface area contributed by atoms with Gasteiger partial charge in [0.25, 0.3) is 0 Å². The zero-order valence-electron chi connectivity index (χ0n) is 14.7. The molecule has 0 aliphatic heterocycles. The number of nitrogens with one attached hydrogen (secondary N) is 1. The van der Waals surface area contributed by atoms with Crippen molar-refractivity contribution in [2.75, 3.05) is 13.2 Å². The first-order chi connectivity index (χ1) is 12.5. The van der Waals surface area contributed by atoms with Gasteiger partial charge in [-0.25, -0.2) is 8.78 Å². The van der Waals surface area contributed by atoms with Gasteiger partial charge in [-0.15, -0.1) is 0 Å². The predicted octanol–water partition coefficient (Wildman–Crippen LogP) is 4.09. The molecule has 0 bridgehead atoms. The lowest BCUT2D eigenvalue weighted by Crippen LogP contribution is -2.20. The normalized spacial score (nSPS) is 10.8. The highest BCUT2D eigenvalue weighted by molar-refractivity contribution is 5.91. The van der Waals surface area contributed by atoms with E-state index >= 15 is 0 Å². The molecule has 2 rings (SSSR count). The average molecular weight is 361 g/mol. The molecule has 138 valence electrons. The number of halogens is 2. The third-order valence-corrected chi connectivity index (χ3v) is 3.38. The van der Waals surface area contributed by atoms with Crippen LogP contribution in [0.5, 0.6) is 11.5 Å². The standard InChI is InChI=1S/C20H21F2NO3/c1-3-25-18-7-5-14(11-19(18)26-4-2)6-8-20(24)23-13-15-9-16(21)12-17(22)10-15/h5-12H,3-4,13H2,1-2H3,(H,23,24)/b8-6+. The molecule has 1 amide bonds. The lowest BCUT2D eigenvalue weighted by molar-refractivity contribution is -0.116. The Morgan fingerprint density at radius 1 is 1.00 bits per heavy atom. The van der Waals surface area contributed by atoms with Gasteiger partial charge < -0.3 is 14.8 Å². The largest absolute Gasteiger partial charge is 0.490 e. The third-order valence-electron chi connectivity index (χ3n) is 3.38. The summed E-state index contributed by atoms with van der Waals surface area (Å²) in [6.07, 6.45) is 2.97. The van der Waals surface area contributed by atoms with Crippen LogP contribution < -0.4 is 14.8 Å². The van der Waals surface area contributed by atoms with Gasteiger partial charge in [-0.2, -0.15) is 0 Å². The van der Waals surface area contributed by atoms with Crippen LogP contribution in [0.2, 0.25) is 0 Å². The number of hydrogen-bond donors (Lipinski definition) is 1. The first-order valence-electron chi connectivity index (χ1n) is 8.32. The Morgan fingerprint density at radius 3 is 2.31 bits per heavy atom. The van der Waals surface area contributed by atoms with Crippen LogP contribution in [0.15, 0.2) is 42.5 Å². The summed E-state index contributed by atoms with van der Waals surface area (Å²) in [4.78, 5) is 11.9. The quantitative estimate of drug-likeness (QED) is 0.721. The van der Waals surface area contributed by atoms with Crippen LogP contribution >= 0.6 is 0 Å². The fraction of sp³-hybridized carbons (Fsp3) is 0.250. The van der Waals surface area contributed by atoms with Gasteiger partial charge in [0.1, 0.15) is 11.6 Å². The van der Waals surface area contributed by atoms with Gasteiger partial charge in [0.15, 0.2) is 11.5 Å². The number of hydrogen-bond acceptors (Lipinski definition) is 3. The number of rotatable bonds is 8. The summed E-state index contributed by atoms with van der Waals surface area (Å²) in [5, 5.41) is 2.58. The van der Waals surface area contributed by atoms with Crippen molar-refractivity contribution in [3.05, 3.63) is 65.2 Å². The Hall–Kier alpha value is -2.89. The summed E-state index contributed by atoms with van der Waals surface area (Å²) in [5.74, 6) is -0.483. The molecule has 26 heavy (non-hydrogen) atoms. The maximum absolute atomic E-state index is 13.1. The van der Waals surface area contributed by atoms with Crippen LogP contribution in [0.4, 0.5) is 8.78 Å². The van der Waals surface area contributed by atoms with Crippen molar-refractivity contribution in [2.24, 2.45) is 0 Å². The zero-order valence-corrected chi connectivity index (χ0v) is 14.7. The molecular formula is C20H21F2NO3. The first-order valence-corrected chi connectivity index (χ1v) is 8.32. The maximum Gasteiger partial charge on any atom is 0.244 e. The van der Waals surface area contributed by atoms with E-state index in [0.717, 1.165) is 11.6 Å². The van der Waals surface area contributed by atoms with Crippen molar-refractivity contribution in [2.45, 2.75) is 20.4 Å². The topological polar surface area (TPSA) is 47.6 Å². The fourth-order valence-electron chi connectivity index (χ4n) is 2.30. The summed E-state index contributed by atoms with van der Waals surface area (Å²) >= 11 is 0. The van der Waals surface area contributed by atoms with Gasteiger partial charge in [0, 0.05) is 18.7 Å². The molecule has 0 aliphatic rings. The van der Waals surface area contributed by atoms with Crippen molar-refractivity contribution >= 4 is 12.0 Å². The van der Waals surface area contributed by atoms with Crippen molar-refractivity contribution < 1.29 is 23.0 Å². The second-order valence-electron chi connectivity index (χ2n) is 5.40. The van der Waals surface area contributed by atoms with E-state index in [0.29, 0.717) is 30.3 Å². The zero-order chi connectivity index (χ0) is 18.9. The van der Waals surface area contributed by atoms with Gasteiger partial charge in [0.05, 0.1) is 13.2 Å². The van der Waals surface area contributed by atoms with Crippen molar-refractivity contribution in [1.29, 1.82) is 0 Å². The summed E-state index contributed by atoms with van der Waals surface area (Å²) in [6, 6.07) is 8.50. The van der Waals surface area contributed by atoms with Crippen LogP contribution in [0.3, 0.4) is 0 Å². The van der Waals surface area contributed by atoms with E-state index in [2.05, 4.69) is 5.32 Å². The first kappa shape index (κ1) is 19.4. The van der Waals surface area contributed by atoms with Crippen molar-refractivity contribution in [3.8, 4) is 11.5 Å². The van der Waals surface area contributed by atoms with Gasteiger partial charge >= 0.3 is 0 Å². The van der Waals surface area contributed by atoms with Gasteiger partial charge in [-0.3, -0.25) is 4.79 Å². The lowest BCUT2D eigenvalue weighted by Gasteiger charge is -2.11. The molecule has 0 radical (unpaired) electrons. The van der Waals surface area contributed by atoms with E-state index in [1.807, 2.05) is 13.8 Å². The Labute approximate surface area is 151 Å². The van der Waals surface area contributed by atoms with Crippen LogP contribution in [0.25, 0.3) is 6.08 Å². The molecule has 4 nitrogen and oxygen atoms in total. The molecule has 0 aromatic heterocycles. The second kappa shape index (κ2) is 9.56. The highest BCUT2D eigenvalue weighted by atomic mass is 19.1. The molecule has 0 aliphatic carbocycles. The second-order valence-corrected chi connectivity index (χ2v) is 5.40. The van der Waals surface area contributed by atoms with E-state index in [1.54, 1.807) is 24.3 Å². The Morgan fingerprint density at radius 2 is 1.65 bits per heavy atom. The summed E-state index contributed by atoms with van der Waals surface area (Å²) in [5.41, 5.74) is 1.12.